The molecule has 0 bridgehead atoms. The highest BCUT2D eigenvalue weighted by Crippen LogP contribution is 2.33. The number of benzene rings is 1. The lowest BCUT2D eigenvalue weighted by atomic mass is 10.2. The molecule has 6 nitrogen and oxygen atoms in total. The highest BCUT2D eigenvalue weighted by molar-refractivity contribution is 9.11. The summed E-state index contributed by atoms with van der Waals surface area (Å²) in [6, 6.07) is 6.54. The smallest absolute Gasteiger partial charge is 0.263 e. The number of halogens is 2. The minimum absolute atomic E-state index is 0.0425. The van der Waals surface area contributed by atoms with Gasteiger partial charge in [0, 0.05) is 15.1 Å². The molecule has 0 aliphatic carbocycles. The number of sulfonamides is 1. The van der Waals surface area contributed by atoms with Crippen molar-refractivity contribution < 1.29 is 8.42 Å². The maximum Gasteiger partial charge on any atom is 0.263 e. The Morgan fingerprint density at radius 3 is 2.29 bits per heavy atom. The Morgan fingerprint density at radius 2 is 1.81 bits per heavy atom. The quantitative estimate of drug-likeness (QED) is 0.506. The summed E-state index contributed by atoms with van der Waals surface area (Å²) in [5.41, 5.74) is 3.77. The number of nitrogens with zero attached hydrogens (tertiary/aromatic N) is 1. The number of hydrazine groups is 1. The molecule has 0 aliphatic heterocycles. The molecule has 0 unspecified atom stereocenters. The molecule has 1 aromatic heterocycles. The topological polar surface area (TPSA) is 97.1 Å². The second-order valence-electron chi connectivity index (χ2n) is 4.23. The van der Waals surface area contributed by atoms with Gasteiger partial charge in [0.05, 0.1) is 5.69 Å². The average molecular weight is 436 g/mol. The summed E-state index contributed by atoms with van der Waals surface area (Å²) in [4.78, 5) is 3.93. The van der Waals surface area contributed by atoms with E-state index in [0.29, 0.717) is 20.5 Å². The van der Waals surface area contributed by atoms with Crippen LogP contribution in [-0.4, -0.2) is 13.4 Å². The number of nitrogens with two attached hydrogens (primary N) is 1. The lowest BCUT2D eigenvalue weighted by molar-refractivity contribution is 0.601. The molecule has 21 heavy (non-hydrogen) atoms. The third-order valence-electron chi connectivity index (χ3n) is 2.62. The van der Waals surface area contributed by atoms with Crippen LogP contribution in [0.25, 0.3) is 0 Å². The average Bonchev–Trinajstić information content (AvgIpc) is 2.43. The van der Waals surface area contributed by atoms with Gasteiger partial charge in [0.15, 0.2) is 0 Å². The van der Waals surface area contributed by atoms with Crippen molar-refractivity contribution in [3.8, 4) is 0 Å². The molecule has 0 aliphatic rings. The lowest BCUT2D eigenvalue weighted by Gasteiger charge is -2.12. The molecule has 9 heteroatoms. The van der Waals surface area contributed by atoms with Crippen LogP contribution in [0.1, 0.15) is 5.56 Å². The van der Waals surface area contributed by atoms with E-state index < -0.39 is 10.0 Å². The van der Waals surface area contributed by atoms with Gasteiger partial charge in [-0.15, -0.1) is 0 Å². The summed E-state index contributed by atoms with van der Waals surface area (Å²) in [5.74, 6) is 5.58. The predicted molar refractivity (Wildman–Crippen MR) is 89.4 cm³/mol. The number of aromatic nitrogens is 1. The molecule has 1 aromatic carbocycles. The number of nitrogens with one attached hydrogen (secondary N) is 2. The normalized spacial score (nSPS) is 11.2. The molecule has 1 heterocycles. The van der Waals surface area contributed by atoms with Gasteiger partial charge >= 0.3 is 0 Å². The summed E-state index contributed by atoms with van der Waals surface area (Å²) in [6.45, 7) is 1.91. The van der Waals surface area contributed by atoms with E-state index >= 15 is 0 Å². The molecule has 0 amide bonds. The number of anilines is 2. The van der Waals surface area contributed by atoms with E-state index in [1.54, 1.807) is 0 Å². The van der Waals surface area contributed by atoms with Crippen molar-refractivity contribution >= 4 is 53.4 Å². The van der Waals surface area contributed by atoms with Gasteiger partial charge in [0.2, 0.25) is 0 Å². The third-order valence-corrected chi connectivity index (χ3v) is 5.20. The molecular weight excluding hydrogens is 424 g/mol. The fourth-order valence-corrected chi connectivity index (χ4v) is 4.54. The summed E-state index contributed by atoms with van der Waals surface area (Å²) in [6.07, 6.45) is 1.23. The fraction of sp³-hybridized carbons (Fsp3) is 0.0833. The zero-order valence-electron chi connectivity index (χ0n) is 10.9. The SMILES string of the molecule is Cc1cc(Br)c(NS(=O)(=O)c2ccc(NN)nc2)c(Br)c1. The predicted octanol–water partition coefficient (Wildman–Crippen LogP) is 3.00. The maximum atomic E-state index is 12.3. The van der Waals surface area contributed by atoms with Gasteiger partial charge in [-0.25, -0.2) is 19.2 Å². The number of nitrogen functional groups attached to an aromatic ring is 1. The van der Waals surface area contributed by atoms with E-state index in [0.717, 1.165) is 5.56 Å². The number of pyridine rings is 1. The molecule has 0 atom stereocenters. The minimum Gasteiger partial charge on any atom is -0.308 e. The summed E-state index contributed by atoms with van der Waals surface area (Å²) in [7, 11) is -3.74. The molecule has 0 fully saturated rings. The molecule has 2 rings (SSSR count). The molecule has 112 valence electrons. The van der Waals surface area contributed by atoms with Crippen molar-refractivity contribution in [2.75, 3.05) is 10.1 Å². The van der Waals surface area contributed by atoms with Crippen molar-refractivity contribution in [1.82, 2.24) is 4.98 Å². The molecule has 4 N–H and O–H groups in total. The number of hydrogen-bond acceptors (Lipinski definition) is 5. The van der Waals surface area contributed by atoms with Crippen molar-refractivity contribution in [2.24, 2.45) is 5.84 Å². The van der Waals surface area contributed by atoms with Crippen LogP contribution in [0.4, 0.5) is 11.5 Å². The van der Waals surface area contributed by atoms with Gasteiger partial charge in [0.1, 0.15) is 10.7 Å². The second-order valence-corrected chi connectivity index (χ2v) is 7.62. The van der Waals surface area contributed by atoms with E-state index in [1.807, 2.05) is 19.1 Å². The van der Waals surface area contributed by atoms with Crippen molar-refractivity contribution in [1.29, 1.82) is 0 Å². The Morgan fingerprint density at radius 1 is 1.19 bits per heavy atom. The Bertz CT molecular complexity index is 740. The molecule has 0 saturated carbocycles. The van der Waals surface area contributed by atoms with Crippen molar-refractivity contribution in [3.63, 3.8) is 0 Å². The van der Waals surface area contributed by atoms with Gasteiger partial charge in [-0.05, 0) is 68.6 Å². The Labute approximate surface area is 139 Å². The molecule has 0 radical (unpaired) electrons. The van der Waals surface area contributed by atoms with E-state index in [4.69, 9.17) is 5.84 Å². The van der Waals surface area contributed by atoms with Crippen LogP contribution < -0.4 is 16.0 Å². The first kappa shape index (κ1) is 16.2. The van der Waals surface area contributed by atoms with Gasteiger partial charge in [-0.2, -0.15) is 0 Å². The largest absolute Gasteiger partial charge is 0.308 e. The summed E-state index contributed by atoms with van der Waals surface area (Å²) < 4.78 is 28.5. The van der Waals surface area contributed by atoms with Crippen molar-refractivity contribution in [3.05, 3.63) is 45.0 Å². The number of aryl methyl sites for hydroxylation is 1. The first-order chi connectivity index (χ1) is 9.83. The van der Waals surface area contributed by atoms with Crippen LogP contribution in [0, 0.1) is 6.92 Å². The van der Waals surface area contributed by atoms with Gasteiger partial charge < -0.3 is 5.43 Å². The minimum atomic E-state index is -3.74. The second kappa shape index (κ2) is 6.30. The van der Waals surface area contributed by atoms with E-state index in [9.17, 15) is 8.42 Å². The zero-order valence-corrected chi connectivity index (χ0v) is 14.9. The van der Waals surface area contributed by atoms with Gasteiger partial charge in [-0.1, -0.05) is 0 Å². The first-order valence-electron chi connectivity index (χ1n) is 5.74. The third kappa shape index (κ3) is 3.73. The highest BCUT2D eigenvalue weighted by Gasteiger charge is 2.18. The monoisotopic (exact) mass is 434 g/mol. The molecular formula is C12H12Br2N4O2S. The van der Waals surface area contributed by atoms with Crippen LogP contribution in [0.5, 0.6) is 0 Å². The van der Waals surface area contributed by atoms with Crippen LogP contribution in [0.3, 0.4) is 0 Å². The van der Waals surface area contributed by atoms with Crippen LogP contribution in [0.2, 0.25) is 0 Å². The van der Waals surface area contributed by atoms with Crippen LogP contribution in [-0.2, 0) is 10.0 Å². The standard InChI is InChI=1S/C12H12Br2N4O2S/c1-7-4-9(13)12(10(14)5-7)18-21(19,20)8-2-3-11(17-15)16-6-8/h2-6,18H,15H2,1H3,(H,16,17). The Hall–Kier alpha value is -1.16. The fourth-order valence-electron chi connectivity index (χ4n) is 1.62. The van der Waals surface area contributed by atoms with Gasteiger partial charge in [-0.3, -0.25) is 4.72 Å². The molecule has 0 spiro atoms. The zero-order chi connectivity index (χ0) is 15.6. The maximum absolute atomic E-state index is 12.3. The molecule has 2 aromatic rings. The van der Waals surface area contributed by atoms with Crippen LogP contribution >= 0.6 is 31.9 Å². The Kier molecular flexibility index (Phi) is 4.87. The van der Waals surface area contributed by atoms with E-state index in [-0.39, 0.29) is 4.90 Å². The van der Waals surface area contributed by atoms with Gasteiger partial charge in [0.25, 0.3) is 10.0 Å². The Balaban J connectivity index is 2.37. The number of hydrogen-bond donors (Lipinski definition) is 3. The summed E-state index contributed by atoms with van der Waals surface area (Å²) in [5, 5.41) is 0. The first-order valence-corrected chi connectivity index (χ1v) is 8.81. The van der Waals surface area contributed by atoms with Crippen LogP contribution in [0.15, 0.2) is 44.3 Å². The summed E-state index contributed by atoms with van der Waals surface area (Å²) >= 11 is 6.69. The van der Waals surface area contributed by atoms with E-state index in [2.05, 4.69) is 47.0 Å². The van der Waals surface area contributed by atoms with Crippen molar-refractivity contribution in [2.45, 2.75) is 11.8 Å². The lowest BCUT2D eigenvalue weighted by Crippen LogP contribution is -2.15. The molecule has 0 saturated heterocycles. The van der Waals surface area contributed by atoms with E-state index in [1.165, 1.54) is 18.3 Å². The highest BCUT2D eigenvalue weighted by atomic mass is 79.9. The number of rotatable bonds is 4.